The molecular weight excluding hydrogens is 462 g/mol. The molecule has 8 heteroatoms. The highest BCUT2D eigenvalue weighted by Gasteiger charge is 2.35. The first-order valence-corrected chi connectivity index (χ1v) is 11.2. The van der Waals surface area contributed by atoms with E-state index in [0.717, 1.165) is 5.39 Å². The van der Waals surface area contributed by atoms with E-state index in [0.29, 0.717) is 28.0 Å². The molecule has 6 rings (SSSR count). The van der Waals surface area contributed by atoms with Gasteiger partial charge >= 0.3 is 5.97 Å². The third-order valence-electron chi connectivity index (χ3n) is 6.44. The molecule has 1 aliphatic heterocycles. The number of methoxy groups -OCH3 is 1. The average molecular weight is 481 g/mol. The number of fused-ring (bicyclic) bond motifs is 4. The third-order valence-corrected chi connectivity index (χ3v) is 6.44. The molecule has 0 saturated carbocycles. The smallest absolute Gasteiger partial charge is 0.312 e. The third kappa shape index (κ3) is 3.42. The molecule has 0 aliphatic carbocycles. The normalized spacial score (nSPS) is 15.0. The predicted molar refractivity (Wildman–Crippen MR) is 133 cm³/mol. The van der Waals surface area contributed by atoms with Crippen molar-refractivity contribution in [3.63, 3.8) is 0 Å². The molecule has 1 atom stereocenters. The maximum atomic E-state index is 13.2. The number of ether oxygens (including phenoxy) is 2. The van der Waals surface area contributed by atoms with Gasteiger partial charge in [0.25, 0.3) is 5.56 Å². The van der Waals surface area contributed by atoms with Gasteiger partial charge < -0.3 is 24.0 Å². The van der Waals surface area contributed by atoms with Gasteiger partial charge in [-0.1, -0.05) is 30.3 Å². The van der Waals surface area contributed by atoms with Gasteiger partial charge in [0.2, 0.25) is 0 Å². The first-order chi connectivity index (χ1) is 17.4. The number of carbonyl (C=O) groups excluding carboxylic acids is 1. The zero-order valence-electron chi connectivity index (χ0n) is 19.0. The number of aromatic nitrogens is 1. The maximum Gasteiger partial charge on any atom is 0.312 e. The Morgan fingerprint density at radius 2 is 1.81 bits per heavy atom. The van der Waals surface area contributed by atoms with E-state index in [1.807, 2.05) is 18.2 Å². The van der Waals surface area contributed by atoms with E-state index in [1.165, 1.54) is 19.2 Å². The van der Waals surface area contributed by atoms with Gasteiger partial charge in [-0.3, -0.25) is 14.4 Å². The highest BCUT2D eigenvalue weighted by atomic mass is 16.5. The number of nitrogens with one attached hydrogen (secondary N) is 1. The lowest BCUT2D eigenvalue weighted by Crippen LogP contribution is -2.26. The molecule has 8 nitrogen and oxygen atoms in total. The predicted octanol–water partition coefficient (Wildman–Crippen LogP) is 4.46. The van der Waals surface area contributed by atoms with Gasteiger partial charge in [-0.25, -0.2) is 0 Å². The largest absolute Gasteiger partial charge is 0.507 e. The van der Waals surface area contributed by atoms with Crippen molar-refractivity contribution in [2.45, 2.75) is 12.3 Å². The highest BCUT2D eigenvalue weighted by Crippen LogP contribution is 2.45. The molecule has 1 aliphatic rings. The molecule has 3 aromatic carbocycles. The summed E-state index contributed by atoms with van der Waals surface area (Å²) in [6.45, 7) is 0. The molecule has 5 aromatic rings. The number of hydrogen-bond donors (Lipinski definition) is 2. The van der Waals surface area contributed by atoms with Crippen LogP contribution in [0.4, 0.5) is 0 Å². The number of pyridine rings is 1. The quantitative estimate of drug-likeness (QED) is 0.289. The van der Waals surface area contributed by atoms with Crippen LogP contribution in [-0.4, -0.2) is 23.2 Å². The number of H-pyrrole nitrogens is 1. The summed E-state index contributed by atoms with van der Waals surface area (Å²) in [7, 11) is 1.54. The monoisotopic (exact) mass is 481 g/mol. The van der Waals surface area contributed by atoms with Gasteiger partial charge in [0.05, 0.1) is 19.0 Å². The molecule has 0 fully saturated rings. The number of aromatic hydroxyl groups is 1. The number of hydrogen-bond acceptors (Lipinski definition) is 7. The molecular formula is C28H19NO7. The molecule has 178 valence electrons. The van der Waals surface area contributed by atoms with Crippen molar-refractivity contribution in [2.75, 3.05) is 7.11 Å². The van der Waals surface area contributed by atoms with Crippen LogP contribution in [0.5, 0.6) is 17.2 Å². The van der Waals surface area contributed by atoms with Crippen LogP contribution < -0.4 is 20.5 Å². The highest BCUT2D eigenvalue weighted by molar-refractivity contribution is 5.93. The fourth-order valence-electron chi connectivity index (χ4n) is 4.75. The van der Waals surface area contributed by atoms with Crippen LogP contribution in [0.25, 0.3) is 33.2 Å². The van der Waals surface area contributed by atoms with Crippen molar-refractivity contribution in [3.8, 4) is 28.6 Å². The summed E-state index contributed by atoms with van der Waals surface area (Å²) in [5.41, 5.74) is 1.13. The van der Waals surface area contributed by atoms with Crippen LogP contribution >= 0.6 is 0 Å². The number of rotatable bonds is 3. The van der Waals surface area contributed by atoms with Gasteiger partial charge in [-0.2, -0.15) is 0 Å². The van der Waals surface area contributed by atoms with Crippen molar-refractivity contribution in [1.82, 2.24) is 4.98 Å². The fraction of sp³-hybridized carbons (Fsp3) is 0.107. The number of esters is 1. The zero-order valence-corrected chi connectivity index (χ0v) is 19.0. The Bertz CT molecular complexity index is 1800. The van der Waals surface area contributed by atoms with Crippen molar-refractivity contribution < 1.29 is 23.8 Å². The average Bonchev–Trinajstić information content (AvgIpc) is 2.87. The molecule has 0 saturated heterocycles. The molecule has 1 unspecified atom stereocenters. The standard InChI is InChI=1S/C28H19NO7/c1-34-16-8-7-15-9-18(28(33)29-19(15)10-16)17-11-24(32)35-23-13-21(31)26-20(30)12-22(36-27(26)25(17)23)14-5-3-2-4-6-14/h2-10,12-13,17,31H,11H2,1H3,(H,29,33). The summed E-state index contributed by atoms with van der Waals surface area (Å²) in [6, 6.07) is 18.6. The van der Waals surface area contributed by atoms with E-state index >= 15 is 0 Å². The van der Waals surface area contributed by atoms with Crippen molar-refractivity contribution >= 4 is 27.8 Å². The minimum absolute atomic E-state index is 0.0432. The van der Waals surface area contributed by atoms with Crippen molar-refractivity contribution in [3.05, 3.63) is 98.4 Å². The van der Waals surface area contributed by atoms with Gasteiger partial charge in [0.15, 0.2) is 5.43 Å². The minimum atomic E-state index is -0.770. The summed E-state index contributed by atoms with van der Waals surface area (Å²) < 4.78 is 16.8. The first kappa shape index (κ1) is 21.7. The number of carbonyl (C=O) groups is 1. The van der Waals surface area contributed by atoms with Crippen LogP contribution in [0.2, 0.25) is 0 Å². The van der Waals surface area contributed by atoms with Crippen LogP contribution in [0.3, 0.4) is 0 Å². The van der Waals surface area contributed by atoms with Gasteiger partial charge in [-0.05, 0) is 23.6 Å². The number of phenols is 1. The van der Waals surface area contributed by atoms with E-state index in [4.69, 9.17) is 13.9 Å². The lowest BCUT2D eigenvalue weighted by Gasteiger charge is -2.25. The topological polar surface area (TPSA) is 119 Å². The van der Waals surface area contributed by atoms with E-state index in [-0.39, 0.29) is 34.6 Å². The maximum absolute atomic E-state index is 13.2. The van der Waals surface area contributed by atoms with Crippen molar-refractivity contribution in [1.29, 1.82) is 0 Å². The van der Waals surface area contributed by atoms with Crippen LogP contribution in [0, 0.1) is 0 Å². The molecule has 36 heavy (non-hydrogen) atoms. The first-order valence-electron chi connectivity index (χ1n) is 11.2. The molecule has 2 aromatic heterocycles. The second-order valence-electron chi connectivity index (χ2n) is 8.59. The summed E-state index contributed by atoms with van der Waals surface area (Å²) in [4.78, 5) is 41.7. The SMILES string of the molecule is COc1ccc2cc(C3CC(=O)Oc4cc(O)c5c(=O)cc(-c6ccccc6)oc5c43)c(=O)[nH]c2c1. The summed E-state index contributed by atoms with van der Waals surface area (Å²) in [5.74, 6) is -0.782. The van der Waals surface area contributed by atoms with Crippen LogP contribution in [0.15, 0.2) is 80.7 Å². The second kappa shape index (κ2) is 8.13. The molecule has 0 amide bonds. The Labute approximate surface area is 203 Å². The number of benzene rings is 3. The molecule has 0 radical (unpaired) electrons. The number of phenolic OH excluding ortho intramolecular Hbond substituents is 1. The second-order valence-corrected chi connectivity index (χ2v) is 8.59. The summed E-state index contributed by atoms with van der Waals surface area (Å²) >= 11 is 0. The van der Waals surface area contributed by atoms with Crippen LogP contribution in [-0.2, 0) is 4.79 Å². The Balaban J connectivity index is 1.64. The summed E-state index contributed by atoms with van der Waals surface area (Å²) in [5, 5.41) is 11.3. The van der Waals surface area contributed by atoms with Gasteiger partial charge in [0.1, 0.15) is 34.0 Å². The van der Waals surface area contributed by atoms with Crippen molar-refractivity contribution in [2.24, 2.45) is 0 Å². The zero-order chi connectivity index (χ0) is 25.0. The lowest BCUT2D eigenvalue weighted by molar-refractivity contribution is -0.135. The number of aromatic amines is 1. The van der Waals surface area contributed by atoms with Gasteiger partial charge in [0, 0.05) is 40.8 Å². The fourth-order valence-corrected chi connectivity index (χ4v) is 4.75. The Kier molecular flexibility index (Phi) is 4.89. The van der Waals surface area contributed by atoms with E-state index in [2.05, 4.69) is 4.98 Å². The Hall–Kier alpha value is -4.85. The van der Waals surface area contributed by atoms with Gasteiger partial charge in [-0.15, -0.1) is 0 Å². The van der Waals surface area contributed by atoms with E-state index in [1.54, 1.807) is 36.4 Å². The summed E-state index contributed by atoms with van der Waals surface area (Å²) in [6.07, 6.45) is -0.142. The molecule has 0 bridgehead atoms. The Morgan fingerprint density at radius 3 is 2.58 bits per heavy atom. The lowest BCUT2D eigenvalue weighted by atomic mass is 9.85. The van der Waals surface area contributed by atoms with E-state index < -0.39 is 22.9 Å². The van der Waals surface area contributed by atoms with Crippen LogP contribution in [0.1, 0.15) is 23.5 Å². The minimum Gasteiger partial charge on any atom is -0.507 e. The molecule has 3 heterocycles. The molecule has 2 N–H and O–H groups in total. The van der Waals surface area contributed by atoms with E-state index in [9.17, 15) is 19.5 Å². The Morgan fingerprint density at radius 1 is 1.00 bits per heavy atom. The molecule has 0 spiro atoms.